The molecule has 0 fully saturated rings. The molecular formula is C20H26FNO. The number of hydrogen-bond donors (Lipinski definition) is 1. The second kappa shape index (κ2) is 8.23. The summed E-state index contributed by atoms with van der Waals surface area (Å²) in [5, 5.41) is 10.5. The highest BCUT2D eigenvalue weighted by Gasteiger charge is 2.17. The number of aryl methyl sites for hydroxylation is 1. The molecule has 0 amide bonds. The molecule has 0 heterocycles. The first-order valence-electron chi connectivity index (χ1n) is 8.17. The lowest BCUT2D eigenvalue weighted by Crippen LogP contribution is -2.13. The summed E-state index contributed by atoms with van der Waals surface area (Å²) in [7, 11) is 4.08. The number of unbranched alkanes of at least 4 members (excludes halogenated alkanes) is 1. The second-order valence-corrected chi connectivity index (χ2v) is 6.39. The van der Waals surface area contributed by atoms with Gasteiger partial charge in [-0.05, 0) is 64.0 Å². The van der Waals surface area contributed by atoms with Crippen LogP contribution in [0.4, 0.5) is 4.39 Å². The first kappa shape index (κ1) is 17.6. The summed E-state index contributed by atoms with van der Waals surface area (Å²) in [5.41, 5.74) is 3.11. The van der Waals surface area contributed by atoms with Crippen molar-refractivity contribution < 1.29 is 9.50 Å². The van der Waals surface area contributed by atoms with Gasteiger partial charge in [-0.15, -0.1) is 0 Å². The second-order valence-electron chi connectivity index (χ2n) is 6.39. The van der Waals surface area contributed by atoms with Gasteiger partial charge in [0.05, 0.1) is 6.10 Å². The van der Waals surface area contributed by atoms with Gasteiger partial charge in [0.1, 0.15) is 5.82 Å². The third kappa shape index (κ3) is 4.88. The van der Waals surface area contributed by atoms with Gasteiger partial charge in [-0.3, -0.25) is 0 Å². The lowest BCUT2D eigenvalue weighted by atomic mass is 9.92. The van der Waals surface area contributed by atoms with E-state index in [0.717, 1.165) is 30.5 Å². The van der Waals surface area contributed by atoms with Crippen molar-refractivity contribution in [2.45, 2.75) is 32.3 Å². The lowest BCUT2D eigenvalue weighted by molar-refractivity contribution is 0.162. The molecule has 1 atom stereocenters. The van der Waals surface area contributed by atoms with Crippen LogP contribution in [0.5, 0.6) is 0 Å². The Labute approximate surface area is 138 Å². The van der Waals surface area contributed by atoms with Crippen molar-refractivity contribution in [3.8, 4) is 11.1 Å². The molecule has 3 heteroatoms. The van der Waals surface area contributed by atoms with Crippen LogP contribution in [-0.2, 0) is 0 Å². The number of benzene rings is 2. The number of halogens is 1. The summed E-state index contributed by atoms with van der Waals surface area (Å²) in [6.45, 7) is 2.99. The van der Waals surface area contributed by atoms with Gasteiger partial charge in [0, 0.05) is 5.56 Å². The van der Waals surface area contributed by atoms with Crippen LogP contribution >= 0.6 is 0 Å². The molecule has 0 radical (unpaired) electrons. The van der Waals surface area contributed by atoms with E-state index in [-0.39, 0.29) is 5.82 Å². The minimum Gasteiger partial charge on any atom is -0.388 e. The Balaban J connectivity index is 2.20. The fourth-order valence-electron chi connectivity index (χ4n) is 2.84. The maximum atomic E-state index is 14.4. The van der Waals surface area contributed by atoms with Crippen LogP contribution in [0.25, 0.3) is 11.1 Å². The highest BCUT2D eigenvalue weighted by Crippen LogP contribution is 2.33. The molecule has 2 rings (SSSR count). The number of aliphatic hydroxyl groups excluding tert-OH is 1. The SMILES string of the molecule is Cc1cccc(-c2c(F)cccc2C(O)CCCCN(C)C)c1. The van der Waals surface area contributed by atoms with Gasteiger partial charge in [-0.2, -0.15) is 0 Å². The maximum Gasteiger partial charge on any atom is 0.131 e. The molecule has 23 heavy (non-hydrogen) atoms. The molecule has 1 unspecified atom stereocenters. The lowest BCUT2D eigenvalue weighted by Gasteiger charge is -2.17. The van der Waals surface area contributed by atoms with E-state index in [4.69, 9.17) is 0 Å². The van der Waals surface area contributed by atoms with Gasteiger partial charge < -0.3 is 10.0 Å². The Hall–Kier alpha value is -1.71. The molecule has 0 aliphatic heterocycles. The molecule has 2 aromatic carbocycles. The fraction of sp³-hybridized carbons (Fsp3) is 0.400. The first-order chi connectivity index (χ1) is 11.0. The topological polar surface area (TPSA) is 23.5 Å². The van der Waals surface area contributed by atoms with Crippen LogP contribution in [0.3, 0.4) is 0 Å². The Morgan fingerprint density at radius 1 is 1.09 bits per heavy atom. The smallest absolute Gasteiger partial charge is 0.131 e. The van der Waals surface area contributed by atoms with Gasteiger partial charge in [-0.25, -0.2) is 4.39 Å². The summed E-state index contributed by atoms with van der Waals surface area (Å²) in [5.74, 6) is -0.277. The van der Waals surface area contributed by atoms with Gasteiger partial charge in [0.2, 0.25) is 0 Å². The predicted molar refractivity (Wildman–Crippen MR) is 93.9 cm³/mol. The Morgan fingerprint density at radius 2 is 1.83 bits per heavy atom. The summed E-state index contributed by atoms with van der Waals surface area (Å²) in [4.78, 5) is 2.13. The van der Waals surface area contributed by atoms with Crippen molar-refractivity contribution in [1.29, 1.82) is 0 Å². The summed E-state index contributed by atoms with van der Waals surface area (Å²) in [6, 6.07) is 12.7. The molecule has 2 nitrogen and oxygen atoms in total. The Bertz CT molecular complexity index is 639. The average molecular weight is 315 g/mol. The van der Waals surface area contributed by atoms with E-state index in [1.807, 2.05) is 51.4 Å². The van der Waals surface area contributed by atoms with Crippen molar-refractivity contribution in [2.75, 3.05) is 20.6 Å². The standard InChI is InChI=1S/C20H26FNO/c1-15-8-6-9-16(14-15)20-17(10-7-11-18(20)21)19(23)12-4-5-13-22(2)3/h6-11,14,19,23H,4-5,12-13H2,1-3H3. The minimum absolute atomic E-state index is 0.277. The van der Waals surface area contributed by atoms with E-state index in [1.54, 1.807) is 6.07 Å². The number of hydrogen-bond acceptors (Lipinski definition) is 2. The summed E-state index contributed by atoms with van der Waals surface area (Å²) >= 11 is 0. The molecule has 0 saturated heterocycles. The summed E-state index contributed by atoms with van der Waals surface area (Å²) < 4.78 is 14.4. The zero-order chi connectivity index (χ0) is 16.8. The zero-order valence-electron chi connectivity index (χ0n) is 14.2. The van der Waals surface area contributed by atoms with E-state index in [9.17, 15) is 9.50 Å². The van der Waals surface area contributed by atoms with E-state index in [1.165, 1.54) is 6.07 Å². The van der Waals surface area contributed by atoms with Crippen LogP contribution < -0.4 is 0 Å². The molecule has 1 N–H and O–H groups in total. The molecule has 124 valence electrons. The molecule has 0 bridgehead atoms. The Morgan fingerprint density at radius 3 is 2.52 bits per heavy atom. The molecule has 2 aromatic rings. The number of aliphatic hydroxyl groups is 1. The van der Waals surface area contributed by atoms with Crippen molar-refractivity contribution >= 4 is 0 Å². The summed E-state index contributed by atoms with van der Waals surface area (Å²) in [6.07, 6.45) is 1.96. The van der Waals surface area contributed by atoms with Crippen LogP contribution in [0.1, 0.15) is 36.5 Å². The van der Waals surface area contributed by atoms with Gasteiger partial charge >= 0.3 is 0 Å². The first-order valence-corrected chi connectivity index (χ1v) is 8.17. The van der Waals surface area contributed by atoms with E-state index >= 15 is 0 Å². The molecule has 0 saturated carbocycles. The minimum atomic E-state index is -0.636. The van der Waals surface area contributed by atoms with E-state index in [2.05, 4.69) is 4.90 Å². The zero-order valence-corrected chi connectivity index (χ0v) is 14.2. The largest absolute Gasteiger partial charge is 0.388 e. The maximum absolute atomic E-state index is 14.4. The van der Waals surface area contributed by atoms with Gasteiger partial charge in [-0.1, -0.05) is 42.0 Å². The van der Waals surface area contributed by atoms with Crippen molar-refractivity contribution in [1.82, 2.24) is 4.90 Å². The normalized spacial score (nSPS) is 12.6. The fourth-order valence-corrected chi connectivity index (χ4v) is 2.84. The third-order valence-electron chi connectivity index (χ3n) is 4.04. The molecule has 0 aromatic heterocycles. The number of nitrogens with zero attached hydrogens (tertiary/aromatic N) is 1. The molecule has 0 aliphatic rings. The predicted octanol–water partition coefficient (Wildman–Crippen LogP) is 4.57. The van der Waals surface area contributed by atoms with E-state index in [0.29, 0.717) is 17.5 Å². The van der Waals surface area contributed by atoms with Gasteiger partial charge in [0.25, 0.3) is 0 Å². The van der Waals surface area contributed by atoms with Crippen LogP contribution in [0.15, 0.2) is 42.5 Å². The third-order valence-corrected chi connectivity index (χ3v) is 4.04. The highest BCUT2D eigenvalue weighted by atomic mass is 19.1. The van der Waals surface area contributed by atoms with Gasteiger partial charge in [0.15, 0.2) is 0 Å². The van der Waals surface area contributed by atoms with Crippen molar-refractivity contribution in [3.63, 3.8) is 0 Å². The van der Waals surface area contributed by atoms with Crippen LogP contribution in [-0.4, -0.2) is 30.6 Å². The van der Waals surface area contributed by atoms with Crippen LogP contribution in [0, 0.1) is 12.7 Å². The molecule has 0 spiro atoms. The average Bonchev–Trinajstić information content (AvgIpc) is 2.51. The van der Waals surface area contributed by atoms with Crippen molar-refractivity contribution in [2.24, 2.45) is 0 Å². The monoisotopic (exact) mass is 315 g/mol. The number of rotatable bonds is 7. The van der Waals surface area contributed by atoms with Crippen LogP contribution in [0.2, 0.25) is 0 Å². The molecular weight excluding hydrogens is 289 g/mol. The van der Waals surface area contributed by atoms with Crippen molar-refractivity contribution in [3.05, 3.63) is 59.4 Å². The Kier molecular flexibility index (Phi) is 6.31. The highest BCUT2D eigenvalue weighted by molar-refractivity contribution is 5.69. The van der Waals surface area contributed by atoms with E-state index < -0.39 is 6.10 Å². The quantitative estimate of drug-likeness (QED) is 0.757. The molecule has 0 aliphatic carbocycles.